The molecule has 0 aliphatic carbocycles. The molecule has 1 amide bonds. The third-order valence-electron chi connectivity index (χ3n) is 6.27. The summed E-state index contributed by atoms with van der Waals surface area (Å²) in [5.74, 6) is -0.0625. The normalized spacial score (nSPS) is 25.3. The predicted molar refractivity (Wildman–Crippen MR) is 119 cm³/mol. The number of unbranched alkanes of at least 4 members (excludes halogenated alkanes) is 2. The van der Waals surface area contributed by atoms with Gasteiger partial charge < -0.3 is 4.90 Å². The second-order valence-corrected chi connectivity index (χ2v) is 10.6. The largest absolute Gasteiger partial charge is 0.344 e. The van der Waals surface area contributed by atoms with Gasteiger partial charge in [-0.2, -0.15) is 4.31 Å². The highest BCUT2D eigenvalue weighted by Gasteiger charge is 2.35. The van der Waals surface area contributed by atoms with E-state index in [2.05, 4.69) is 35.1 Å². The van der Waals surface area contributed by atoms with E-state index in [4.69, 9.17) is 0 Å². The Morgan fingerprint density at radius 3 is 2.63 bits per heavy atom. The van der Waals surface area contributed by atoms with Crippen LogP contribution in [-0.4, -0.2) is 62.0 Å². The third kappa shape index (κ3) is 6.26. The van der Waals surface area contributed by atoms with Gasteiger partial charge in [0.25, 0.3) is 0 Å². The quantitative estimate of drug-likeness (QED) is 0.581. The molecule has 2 aliphatic rings. The zero-order chi connectivity index (χ0) is 21.6. The van der Waals surface area contributed by atoms with Crippen molar-refractivity contribution in [1.29, 1.82) is 0 Å². The molecule has 2 heterocycles. The van der Waals surface area contributed by atoms with Gasteiger partial charge in [-0.15, -0.1) is 0 Å². The molecule has 3 rings (SSSR count). The van der Waals surface area contributed by atoms with Crippen LogP contribution in [0.2, 0.25) is 0 Å². The number of carbonyl (C=O) groups is 1. The standard InChI is InChI=1S/C22H36N4O3S/c1-25(22(27)21-14-8-10-16-26(21)30(2,28)29)15-9-4-7-13-19-17-20(24-23-19)18-11-5-3-6-12-18/h3,5-6,11-12,19-21,23-24H,4,7-10,13-17H2,1-2H3. The van der Waals surface area contributed by atoms with Crippen molar-refractivity contribution < 1.29 is 13.2 Å². The highest BCUT2D eigenvalue weighted by Crippen LogP contribution is 2.24. The summed E-state index contributed by atoms with van der Waals surface area (Å²) in [5.41, 5.74) is 8.12. The van der Waals surface area contributed by atoms with Gasteiger partial charge in [-0.3, -0.25) is 15.6 Å². The maximum atomic E-state index is 12.8. The molecule has 3 atom stereocenters. The van der Waals surface area contributed by atoms with Crippen LogP contribution in [0.4, 0.5) is 0 Å². The second-order valence-electron chi connectivity index (χ2n) is 8.68. The maximum absolute atomic E-state index is 12.8. The zero-order valence-corrected chi connectivity index (χ0v) is 19.0. The van der Waals surface area contributed by atoms with Gasteiger partial charge in [0, 0.05) is 32.2 Å². The van der Waals surface area contributed by atoms with E-state index in [1.54, 1.807) is 11.9 Å². The molecule has 0 aromatic heterocycles. The van der Waals surface area contributed by atoms with Crippen molar-refractivity contribution in [3.05, 3.63) is 35.9 Å². The number of hydrogen-bond donors (Lipinski definition) is 2. The van der Waals surface area contributed by atoms with Gasteiger partial charge in [0.05, 0.1) is 6.26 Å². The van der Waals surface area contributed by atoms with Gasteiger partial charge in [-0.1, -0.05) is 49.6 Å². The average Bonchev–Trinajstić information content (AvgIpc) is 3.22. The summed E-state index contributed by atoms with van der Waals surface area (Å²) >= 11 is 0. The van der Waals surface area contributed by atoms with Crippen LogP contribution in [0.15, 0.2) is 30.3 Å². The smallest absolute Gasteiger partial charge is 0.240 e. The minimum absolute atomic E-state index is 0.0625. The molecule has 0 spiro atoms. The predicted octanol–water partition coefficient (Wildman–Crippen LogP) is 2.43. The number of nitrogens with one attached hydrogen (secondary N) is 2. The van der Waals surface area contributed by atoms with Gasteiger partial charge >= 0.3 is 0 Å². The highest BCUT2D eigenvalue weighted by atomic mass is 32.2. The van der Waals surface area contributed by atoms with E-state index in [9.17, 15) is 13.2 Å². The molecule has 168 valence electrons. The lowest BCUT2D eigenvalue weighted by atomic mass is 9.99. The SMILES string of the molecule is CN(CCCCCC1CC(c2ccccc2)NN1)C(=O)C1CCCCN1S(C)(=O)=O. The van der Waals surface area contributed by atoms with Crippen LogP contribution in [0.25, 0.3) is 0 Å². The van der Waals surface area contributed by atoms with Crippen molar-refractivity contribution >= 4 is 15.9 Å². The Morgan fingerprint density at radius 1 is 1.13 bits per heavy atom. The number of likely N-dealkylation sites (N-methyl/N-ethyl adjacent to an activating group) is 1. The number of piperidine rings is 1. The number of benzene rings is 1. The highest BCUT2D eigenvalue weighted by molar-refractivity contribution is 7.88. The number of rotatable bonds is 9. The first-order valence-electron chi connectivity index (χ1n) is 11.1. The molecule has 0 bridgehead atoms. The first kappa shape index (κ1) is 23.2. The summed E-state index contributed by atoms with van der Waals surface area (Å²) < 4.78 is 25.4. The minimum atomic E-state index is -3.34. The van der Waals surface area contributed by atoms with E-state index in [-0.39, 0.29) is 5.91 Å². The molecule has 30 heavy (non-hydrogen) atoms. The maximum Gasteiger partial charge on any atom is 0.240 e. The molecule has 2 fully saturated rings. The van der Waals surface area contributed by atoms with Crippen LogP contribution in [0.3, 0.4) is 0 Å². The van der Waals surface area contributed by atoms with Crippen LogP contribution in [-0.2, 0) is 14.8 Å². The molecule has 0 radical (unpaired) electrons. The molecule has 1 aromatic rings. The van der Waals surface area contributed by atoms with Crippen molar-refractivity contribution in [2.75, 3.05) is 26.4 Å². The van der Waals surface area contributed by atoms with Crippen LogP contribution < -0.4 is 10.9 Å². The van der Waals surface area contributed by atoms with E-state index < -0.39 is 16.1 Å². The monoisotopic (exact) mass is 436 g/mol. The summed E-state index contributed by atoms with van der Waals surface area (Å²) in [6.07, 6.45) is 8.87. The Labute approximate surface area is 181 Å². The summed E-state index contributed by atoms with van der Waals surface area (Å²) in [6, 6.07) is 10.8. The van der Waals surface area contributed by atoms with Gasteiger partial charge in [0.15, 0.2) is 0 Å². The van der Waals surface area contributed by atoms with Gasteiger partial charge in [0.1, 0.15) is 6.04 Å². The first-order valence-corrected chi connectivity index (χ1v) is 13.0. The number of hydrogen-bond acceptors (Lipinski definition) is 5. The number of amides is 1. The fourth-order valence-corrected chi connectivity index (χ4v) is 5.66. The Bertz CT molecular complexity index is 787. The Kier molecular flexibility index (Phi) is 8.27. The Balaban J connectivity index is 1.35. The lowest BCUT2D eigenvalue weighted by molar-refractivity contribution is -0.134. The molecular weight excluding hydrogens is 400 g/mol. The van der Waals surface area contributed by atoms with Crippen molar-refractivity contribution in [2.45, 2.75) is 69.5 Å². The summed E-state index contributed by atoms with van der Waals surface area (Å²) in [4.78, 5) is 14.5. The lowest BCUT2D eigenvalue weighted by Crippen LogP contribution is -2.52. The van der Waals surface area contributed by atoms with Crippen molar-refractivity contribution in [3.63, 3.8) is 0 Å². The fourth-order valence-electron chi connectivity index (χ4n) is 4.55. The molecule has 2 aliphatic heterocycles. The van der Waals surface area contributed by atoms with Crippen LogP contribution in [0.1, 0.15) is 63.0 Å². The van der Waals surface area contributed by atoms with E-state index in [0.717, 1.165) is 44.9 Å². The number of nitrogens with zero attached hydrogens (tertiary/aromatic N) is 2. The first-order chi connectivity index (χ1) is 14.4. The summed E-state index contributed by atoms with van der Waals surface area (Å²) in [6.45, 7) is 1.13. The van der Waals surface area contributed by atoms with Crippen molar-refractivity contribution in [1.82, 2.24) is 20.1 Å². The number of hydrazine groups is 1. The molecule has 3 unspecified atom stereocenters. The number of carbonyl (C=O) groups excluding carboxylic acids is 1. The minimum Gasteiger partial charge on any atom is -0.344 e. The van der Waals surface area contributed by atoms with E-state index in [1.807, 2.05) is 6.07 Å². The summed E-state index contributed by atoms with van der Waals surface area (Å²) in [5, 5.41) is 0. The molecule has 7 nitrogen and oxygen atoms in total. The topological polar surface area (TPSA) is 81.8 Å². The fraction of sp³-hybridized carbons (Fsp3) is 0.682. The van der Waals surface area contributed by atoms with Crippen molar-refractivity contribution in [2.24, 2.45) is 0 Å². The number of sulfonamides is 1. The third-order valence-corrected chi connectivity index (χ3v) is 7.56. The van der Waals surface area contributed by atoms with Gasteiger partial charge in [-0.05, 0) is 37.7 Å². The van der Waals surface area contributed by atoms with Gasteiger partial charge in [-0.25, -0.2) is 8.42 Å². The lowest BCUT2D eigenvalue weighted by Gasteiger charge is -2.35. The molecular formula is C22H36N4O3S. The van der Waals surface area contributed by atoms with Crippen LogP contribution >= 0.6 is 0 Å². The van der Waals surface area contributed by atoms with Crippen LogP contribution in [0, 0.1) is 0 Å². The molecule has 0 saturated carbocycles. The Hall–Kier alpha value is -1.48. The second kappa shape index (κ2) is 10.7. The molecule has 2 saturated heterocycles. The summed E-state index contributed by atoms with van der Waals surface area (Å²) in [7, 11) is -1.55. The van der Waals surface area contributed by atoms with Crippen molar-refractivity contribution in [3.8, 4) is 0 Å². The van der Waals surface area contributed by atoms with E-state index in [1.165, 1.54) is 16.1 Å². The molecule has 8 heteroatoms. The molecule has 1 aromatic carbocycles. The molecule has 2 N–H and O–H groups in total. The van der Waals surface area contributed by atoms with Gasteiger partial charge in [0.2, 0.25) is 15.9 Å². The Morgan fingerprint density at radius 2 is 1.90 bits per heavy atom. The average molecular weight is 437 g/mol. The van der Waals surface area contributed by atoms with Crippen LogP contribution in [0.5, 0.6) is 0 Å². The van der Waals surface area contributed by atoms with E-state index in [0.29, 0.717) is 31.6 Å². The zero-order valence-electron chi connectivity index (χ0n) is 18.2. The van der Waals surface area contributed by atoms with E-state index >= 15 is 0 Å².